The zero-order valence-electron chi connectivity index (χ0n) is 14.7. The number of likely N-dealkylation sites (N-methyl/N-ethyl adjacent to an activating group) is 1. The van der Waals surface area contributed by atoms with Crippen molar-refractivity contribution in [3.63, 3.8) is 0 Å². The number of hydrogen-bond acceptors (Lipinski definition) is 5. The molecule has 2 aromatic carbocycles. The molecule has 2 aromatic rings. The molecule has 0 bridgehead atoms. The van der Waals surface area contributed by atoms with Crippen molar-refractivity contribution in [3.05, 3.63) is 59.7 Å². The first-order valence-corrected chi connectivity index (χ1v) is 7.67. The van der Waals surface area contributed by atoms with Crippen LogP contribution in [0.4, 0.5) is 0 Å². The van der Waals surface area contributed by atoms with E-state index in [1.807, 2.05) is 6.07 Å². The summed E-state index contributed by atoms with van der Waals surface area (Å²) in [4.78, 5) is 26.6. The molecule has 0 aliphatic heterocycles. The van der Waals surface area contributed by atoms with Crippen LogP contribution in [0.25, 0.3) is 0 Å². The Morgan fingerprint density at radius 3 is 1.92 bits per heavy atom. The van der Waals surface area contributed by atoms with Gasteiger partial charge in [-0.1, -0.05) is 36.4 Å². The van der Waals surface area contributed by atoms with Gasteiger partial charge in [-0.2, -0.15) is 0 Å². The summed E-state index contributed by atoms with van der Waals surface area (Å²) in [5, 5.41) is 0. The van der Waals surface area contributed by atoms with Crippen LogP contribution in [-0.2, 0) is 9.53 Å². The third-order valence-corrected chi connectivity index (χ3v) is 3.62. The Morgan fingerprint density at radius 2 is 1.44 bits per heavy atom. The molecular formula is C19H21NO5. The summed E-state index contributed by atoms with van der Waals surface area (Å²) in [5.74, 6) is -0.409. The van der Waals surface area contributed by atoms with Crippen LogP contribution in [0.5, 0.6) is 11.5 Å². The minimum Gasteiger partial charge on any atom is -0.496 e. The molecule has 6 heteroatoms. The van der Waals surface area contributed by atoms with E-state index in [-0.39, 0.29) is 11.5 Å². The van der Waals surface area contributed by atoms with Crippen molar-refractivity contribution < 1.29 is 23.8 Å². The molecular weight excluding hydrogens is 322 g/mol. The monoisotopic (exact) mass is 343 g/mol. The zero-order chi connectivity index (χ0) is 18.4. The number of benzene rings is 2. The zero-order valence-corrected chi connectivity index (χ0v) is 14.7. The Bertz CT molecular complexity index is 720. The highest BCUT2D eigenvalue weighted by molar-refractivity contribution is 5.97. The van der Waals surface area contributed by atoms with E-state index < -0.39 is 12.1 Å². The van der Waals surface area contributed by atoms with E-state index in [9.17, 15) is 9.59 Å². The molecule has 0 spiro atoms. The first-order valence-electron chi connectivity index (χ1n) is 7.67. The molecule has 1 atom stereocenters. The number of esters is 1. The first-order chi connectivity index (χ1) is 12.0. The van der Waals surface area contributed by atoms with Crippen LogP contribution in [-0.4, -0.2) is 45.1 Å². The molecule has 0 fully saturated rings. The smallest absolute Gasteiger partial charge is 0.346 e. The molecule has 0 saturated heterocycles. The van der Waals surface area contributed by atoms with Gasteiger partial charge >= 0.3 is 5.97 Å². The predicted molar refractivity (Wildman–Crippen MR) is 92.8 cm³/mol. The largest absolute Gasteiger partial charge is 0.496 e. The lowest BCUT2D eigenvalue weighted by Crippen LogP contribution is -2.31. The molecule has 0 saturated carbocycles. The van der Waals surface area contributed by atoms with Crippen molar-refractivity contribution in [3.8, 4) is 11.5 Å². The number of ether oxygens (including phenoxy) is 3. The van der Waals surface area contributed by atoms with Gasteiger partial charge in [0.15, 0.2) is 0 Å². The van der Waals surface area contributed by atoms with Crippen LogP contribution < -0.4 is 9.47 Å². The summed E-state index contributed by atoms with van der Waals surface area (Å²) in [7, 11) is 6.11. The standard InChI is InChI=1S/C19H21NO5/c1-20(2)18(21)17(13-9-6-5-7-10-13)25-19(22)16-14(23-3)11-8-12-15(16)24-4/h5-12,17H,1-4H3. The van der Waals surface area contributed by atoms with Crippen LogP contribution in [0.2, 0.25) is 0 Å². The number of carbonyl (C=O) groups excluding carboxylic acids is 2. The Hall–Kier alpha value is -3.02. The summed E-state index contributed by atoms with van der Waals surface area (Å²) < 4.78 is 16.0. The van der Waals surface area contributed by atoms with Gasteiger partial charge in [0.25, 0.3) is 5.91 Å². The van der Waals surface area contributed by atoms with Crippen molar-refractivity contribution >= 4 is 11.9 Å². The fourth-order valence-electron chi connectivity index (χ4n) is 2.34. The van der Waals surface area contributed by atoms with Gasteiger partial charge in [0.1, 0.15) is 17.1 Å². The summed E-state index contributed by atoms with van der Waals surface area (Å²) in [6, 6.07) is 13.8. The van der Waals surface area contributed by atoms with Gasteiger partial charge in [0.05, 0.1) is 14.2 Å². The number of methoxy groups -OCH3 is 2. The molecule has 0 heterocycles. The fourth-order valence-corrected chi connectivity index (χ4v) is 2.34. The van der Waals surface area contributed by atoms with E-state index in [2.05, 4.69) is 0 Å². The molecule has 2 rings (SSSR count). The van der Waals surface area contributed by atoms with Crippen LogP contribution in [0.3, 0.4) is 0 Å². The Labute approximate surface area is 146 Å². The highest BCUT2D eigenvalue weighted by atomic mass is 16.6. The summed E-state index contributed by atoms with van der Waals surface area (Å²) in [5.41, 5.74) is 0.725. The molecule has 0 aliphatic carbocycles. The van der Waals surface area contributed by atoms with Gasteiger partial charge < -0.3 is 19.1 Å². The molecule has 0 N–H and O–H groups in total. The van der Waals surface area contributed by atoms with Crippen molar-refractivity contribution in [2.45, 2.75) is 6.10 Å². The second kappa shape index (κ2) is 8.19. The normalized spacial score (nSPS) is 11.4. The third-order valence-electron chi connectivity index (χ3n) is 3.62. The minimum atomic E-state index is -1.06. The van der Waals surface area contributed by atoms with Crippen LogP contribution in [0, 0.1) is 0 Å². The first kappa shape index (κ1) is 18.3. The lowest BCUT2D eigenvalue weighted by atomic mass is 10.1. The van der Waals surface area contributed by atoms with Gasteiger partial charge in [-0.05, 0) is 12.1 Å². The van der Waals surface area contributed by atoms with Crippen LogP contribution in [0.1, 0.15) is 22.0 Å². The Balaban J connectivity index is 2.40. The van der Waals surface area contributed by atoms with Crippen molar-refractivity contribution in [2.75, 3.05) is 28.3 Å². The number of carbonyl (C=O) groups is 2. The van der Waals surface area contributed by atoms with Crippen molar-refractivity contribution in [2.24, 2.45) is 0 Å². The Kier molecular flexibility index (Phi) is 6.00. The third kappa shape index (κ3) is 4.09. The summed E-state index contributed by atoms with van der Waals surface area (Å²) >= 11 is 0. The molecule has 25 heavy (non-hydrogen) atoms. The molecule has 0 radical (unpaired) electrons. The molecule has 0 aromatic heterocycles. The van der Waals surface area contributed by atoms with E-state index in [4.69, 9.17) is 14.2 Å². The lowest BCUT2D eigenvalue weighted by molar-refractivity contribution is -0.138. The van der Waals surface area contributed by atoms with Crippen molar-refractivity contribution in [1.82, 2.24) is 4.90 Å². The molecule has 1 unspecified atom stereocenters. The summed E-state index contributed by atoms with van der Waals surface area (Å²) in [6.07, 6.45) is -1.06. The fraction of sp³-hybridized carbons (Fsp3) is 0.263. The molecule has 1 amide bonds. The average molecular weight is 343 g/mol. The van der Waals surface area contributed by atoms with Crippen LogP contribution in [0.15, 0.2) is 48.5 Å². The quantitative estimate of drug-likeness (QED) is 0.755. The van der Waals surface area contributed by atoms with E-state index in [0.717, 1.165) is 0 Å². The topological polar surface area (TPSA) is 65.1 Å². The number of hydrogen-bond donors (Lipinski definition) is 0. The van der Waals surface area contributed by atoms with Gasteiger partial charge in [0, 0.05) is 19.7 Å². The molecule has 0 aliphatic rings. The maximum atomic E-state index is 12.8. The van der Waals surface area contributed by atoms with E-state index >= 15 is 0 Å². The summed E-state index contributed by atoms with van der Waals surface area (Å²) in [6.45, 7) is 0. The maximum Gasteiger partial charge on any atom is 0.346 e. The highest BCUT2D eigenvalue weighted by Crippen LogP contribution is 2.31. The van der Waals surface area contributed by atoms with Gasteiger partial charge in [0.2, 0.25) is 6.10 Å². The van der Waals surface area contributed by atoms with Gasteiger partial charge in [-0.25, -0.2) is 4.79 Å². The lowest BCUT2D eigenvalue weighted by Gasteiger charge is -2.22. The number of nitrogens with zero attached hydrogens (tertiary/aromatic N) is 1. The molecule has 6 nitrogen and oxygen atoms in total. The second-order valence-electron chi connectivity index (χ2n) is 5.47. The average Bonchev–Trinajstić information content (AvgIpc) is 2.65. The van der Waals surface area contributed by atoms with E-state index in [1.54, 1.807) is 56.6 Å². The number of amides is 1. The van der Waals surface area contributed by atoms with E-state index in [0.29, 0.717) is 17.1 Å². The van der Waals surface area contributed by atoms with E-state index in [1.165, 1.54) is 19.1 Å². The number of rotatable bonds is 6. The van der Waals surface area contributed by atoms with Crippen molar-refractivity contribution in [1.29, 1.82) is 0 Å². The van der Waals surface area contributed by atoms with Gasteiger partial charge in [-0.3, -0.25) is 4.79 Å². The maximum absolute atomic E-state index is 12.8. The highest BCUT2D eigenvalue weighted by Gasteiger charge is 2.29. The molecule has 132 valence electrons. The minimum absolute atomic E-state index is 0.139. The SMILES string of the molecule is COc1cccc(OC)c1C(=O)OC(C(=O)N(C)C)c1ccccc1. The van der Waals surface area contributed by atoms with Gasteiger partial charge in [-0.15, -0.1) is 0 Å². The predicted octanol–water partition coefficient (Wildman–Crippen LogP) is 2.69. The Morgan fingerprint density at radius 1 is 0.880 bits per heavy atom. The second-order valence-corrected chi connectivity index (χ2v) is 5.47. The van der Waals surface area contributed by atoms with Crippen LogP contribution >= 0.6 is 0 Å².